The number of aromatic nitrogens is 2. The SMILES string of the molecule is Cn1c(-c2ccccc2)cnc1SCC(=O)N(Cc1ccccc1F)C1CC1. The molecule has 1 aliphatic carbocycles. The predicted molar refractivity (Wildman–Crippen MR) is 109 cm³/mol. The quantitative estimate of drug-likeness (QED) is 0.553. The number of hydrogen-bond donors (Lipinski definition) is 0. The maximum absolute atomic E-state index is 14.0. The van der Waals surface area contributed by atoms with Gasteiger partial charge in [0, 0.05) is 25.2 Å². The van der Waals surface area contributed by atoms with Crippen molar-refractivity contribution in [1.82, 2.24) is 14.5 Å². The lowest BCUT2D eigenvalue weighted by molar-refractivity contribution is -0.129. The molecule has 1 aliphatic rings. The van der Waals surface area contributed by atoms with Gasteiger partial charge in [0.05, 0.1) is 17.6 Å². The van der Waals surface area contributed by atoms with Crippen molar-refractivity contribution in [2.45, 2.75) is 30.6 Å². The van der Waals surface area contributed by atoms with Crippen LogP contribution in [0, 0.1) is 5.82 Å². The predicted octanol–water partition coefficient (Wildman–Crippen LogP) is 4.51. The highest BCUT2D eigenvalue weighted by atomic mass is 32.2. The maximum atomic E-state index is 14.0. The van der Waals surface area contributed by atoms with Crippen LogP contribution in [0.5, 0.6) is 0 Å². The molecular weight excluding hydrogens is 373 g/mol. The molecule has 0 radical (unpaired) electrons. The highest BCUT2D eigenvalue weighted by Gasteiger charge is 2.33. The Morgan fingerprint density at radius 1 is 1.18 bits per heavy atom. The number of benzene rings is 2. The monoisotopic (exact) mass is 395 g/mol. The van der Waals surface area contributed by atoms with Crippen LogP contribution in [0.1, 0.15) is 18.4 Å². The Morgan fingerprint density at radius 2 is 1.89 bits per heavy atom. The Kier molecular flexibility index (Phi) is 5.48. The molecule has 4 rings (SSSR count). The third-order valence-corrected chi connectivity index (χ3v) is 5.98. The molecule has 0 N–H and O–H groups in total. The third kappa shape index (κ3) is 4.12. The van der Waals surface area contributed by atoms with Crippen molar-refractivity contribution in [2.24, 2.45) is 7.05 Å². The van der Waals surface area contributed by atoms with Gasteiger partial charge >= 0.3 is 0 Å². The molecule has 0 unspecified atom stereocenters. The summed E-state index contributed by atoms with van der Waals surface area (Å²) in [5, 5.41) is 0.800. The van der Waals surface area contributed by atoms with Crippen molar-refractivity contribution in [1.29, 1.82) is 0 Å². The molecule has 1 saturated carbocycles. The van der Waals surface area contributed by atoms with Crippen LogP contribution in [-0.2, 0) is 18.4 Å². The fraction of sp³-hybridized carbons (Fsp3) is 0.273. The average molecular weight is 396 g/mol. The zero-order valence-corrected chi connectivity index (χ0v) is 16.5. The number of nitrogens with zero attached hydrogens (tertiary/aromatic N) is 3. The minimum absolute atomic E-state index is 0.0278. The molecule has 1 fully saturated rings. The molecule has 144 valence electrons. The van der Waals surface area contributed by atoms with Crippen LogP contribution < -0.4 is 0 Å². The van der Waals surface area contributed by atoms with Crippen LogP contribution in [0.15, 0.2) is 66.0 Å². The summed E-state index contributed by atoms with van der Waals surface area (Å²) in [6, 6.07) is 17.0. The van der Waals surface area contributed by atoms with E-state index in [4.69, 9.17) is 0 Å². The summed E-state index contributed by atoms with van der Waals surface area (Å²) in [6.07, 6.45) is 3.82. The maximum Gasteiger partial charge on any atom is 0.233 e. The van der Waals surface area contributed by atoms with Crippen molar-refractivity contribution < 1.29 is 9.18 Å². The first kappa shape index (κ1) is 18.7. The van der Waals surface area contributed by atoms with Gasteiger partial charge in [-0.2, -0.15) is 0 Å². The summed E-state index contributed by atoms with van der Waals surface area (Å²) in [7, 11) is 1.96. The summed E-state index contributed by atoms with van der Waals surface area (Å²) >= 11 is 1.43. The number of carbonyl (C=O) groups is 1. The smallest absolute Gasteiger partial charge is 0.233 e. The average Bonchev–Trinajstić information content (AvgIpc) is 3.49. The Labute approximate surface area is 168 Å². The fourth-order valence-corrected chi connectivity index (χ4v) is 4.07. The summed E-state index contributed by atoms with van der Waals surface area (Å²) in [5.41, 5.74) is 2.67. The number of carbonyl (C=O) groups excluding carboxylic acids is 1. The molecule has 1 amide bonds. The number of rotatable bonds is 7. The van der Waals surface area contributed by atoms with E-state index in [-0.39, 0.29) is 17.8 Å². The van der Waals surface area contributed by atoms with Crippen LogP contribution in [0.25, 0.3) is 11.3 Å². The van der Waals surface area contributed by atoms with Gasteiger partial charge in [-0.3, -0.25) is 4.79 Å². The number of amides is 1. The Balaban J connectivity index is 1.43. The van der Waals surface area contributed by atoms with E-state index in [0.29, 0.717) is 17.9 Å². The van der Waals surface area contributed by atoms with Crippen LogP contribution in [-0.4, -0.2) is 32.2 Å². The highest BCUT2D eigenvalue weighted by Crippen LogP contribution is 2.31. The van der Waals surface area contributed by atoms with Crippen molar-refractivity contribution in [3.05, 3.63) is 72.2 Å². The van der Waals surface area contributed by atoms with Gasteiger partial charge in [-0.05, 0) is 24.5 Å². The summed E-state index contributed by atoms with van der Waals surface area (Å²) in [5.74, 6) is 0.0644. The Morgan fingerprint density at radius 3 is 2.61 bits per heavy atom. The van der Waals surface area contributed by atoms with Crippen molar-refractivity contribution in [3.63, 3.8) is 0 Å². The molecular formula is C22H22FN3OS. The first-order valence-electron chi connectivity index (χ1n) is 9.36. The van der Waals surface area contributed by atoms with E-state index >= 15 is 0 Å². The van der Waals surface area contributed by atoms with E-state index in [9.17, 15) is 9.18 Å². The van der Waals surface area contributed by atoms with Crippen molar-refractivity contribution in [2.75, 3.05) is 5.75 Å². The molecule has 2 aromatic carbocycles. The first-order valence-corrected chi connectivity index (χ1v) is 10.3. The number of thioether (sulfide) groups is 1. The van der Waals surface area contributed by atoms with Crippen LogP contribution >= 0.6 is 11.8 Å². The lowest BCUT2D eigenvalue weighted by Crippen LogP contribution is -2.34. The molecule has 6 heteroatoms. The molecule has 0 atom stereocenters. The minimum Gasteiger partial charge on any atom is -0.335 e. The molecule has 1 heterocycles. The zero-order chi connectivity index (χ0) is 19.5. The summed E-state index contributed by atoms with van der Waals surface area (Å²) in [4.78, 5) is 19.1. The summed E-state index contributed by atoms with van der Waals surface area (Å²) < 4.78 is 16.0. The van der Waals surface area contributed by atoms with E-state index in [2.05, 4.69) is 4.98 Å². The highest BCUT2D eigenvalue weighted by molar-refractivity contribution is 7.99. The van der Waals surface area contributed by atoms with Gasteiger partial charge in [0.1, 0.15) is 5.82 Å². The van der Waals surface area contributed by atoms with Gasteiger partial charge in [0.2, 0.25) is 5.91 Å². The molecule has 28 heavy (non-hydrogen) atoms. The van der Waals surface area contributed by atoms with E-state index in [0.717, 1.165) is 29.3 Å². The van der Waals surface area contributed by atoms with Crippen LogP contribution in [0.4, 0.5) is 4.39 Å². The molecule has 3 aromatic rings. The second-order valence-electron chi connectivity index (χ2n) is 6.98. The zero-order valence-electron chi connectivity index (χ0n) is 15.7. The van der Waals surface area contributed by atoms with Gasteiger partial charge in [0.15, 0.2) is 5.16 Å². The Bertz CT molecular complexity index is 969. The third-order valence-electron chi connectivity index (χ3n) is 4.95. The number of halogens is 1. The van der Waals surface area contributed by atoms with E-state index in [1.54, 1.807) is 12.1 Å². The topological polar surface area (TPSA) is 38.1 Å². The van der Waals surface area contributed by atoms with E-state index in [1.807, 2.05) is 59.1 Å². The first-order chi connectivity index (χ1) is 13.6. The molecule has 1 aromatic heterocycles. The lowest BCUT2D eigenvalue weighted by atomic mass is 10.2. The van der Waals surface area contributed by atoms with Gasteiger partial charge in [0.25, 0.3) is 0 Å². The van der Waals surface area contributed by atoms with Crippen molar-refractivity contribution in [3.8, 4) is 11.3 Å². The molecule has 0 spiro atoms. The van der Waals surface area contributed by atoms with E-state index in [1.165, 1.54) is 17.8 Å². The van der Waals surface area contributed by atoms with Crippen molar-refractivity contribution >= 4 is 17.7 Å². The van der Waals surface area contributed by atoms with Gasteiger partial charge in [-0.1, -0.05) is 60.3 Å². The standard InChI is InChI=1S/C22H22FN3OS/c1-25-20(16-7-3-2-4-8-16)13-24-22(25)28-15-21(27)26(18-11-12-18)14-17-9-5-6-10-19(17)23/h2-10,13,18H,11-12,14-15H2,1H3. The molecule has 4 nitrogen and oxygen atoms in total. The number of hydrogen-bond acceptors (Lipinski definition) is 3. The van der Waals surface area contributed by atoms with Crippen LogP contribution in [0.2, 0.25) is 0 Å². The van der Waals surface area contributed by atoms with Crippen LogP contribution in [0.3, 0.4) is 0 Å². The lowest BCUT2D eigenvalue weighted by Gasteiger charge is -2.22. The molecule has 0 saturated heterocycles. The number of imidazole rings is 1. The summed E-state index contributed by atoms with van der Waals surface area (Å²) in [6.45, 7) is 0.326. The van der Waals surface area contributed by atoms with E-state index < -0.39 is 0 Å². The largest absolute Gasteiger partial charge is 0.335 e. The second kappa shape index (κ2) is 8.19. The van der Waals surface area contributed by atoms with Gasteiger partial charge < -0.3 is 9.47 Å². The Hall–Kier alpha value is -2.60. The normalized spacial score (nSPS) is 13.5. The fourth-order valence-electron chi connectivity index (χ4n) is 3.23. The minimum atomic E-state index is -0.259. The molecule has 0 bridgehead atoms. The second-order valence-corrected chi connectivity index (χ2v) is 7.93. The molecule has 0 aliphatic heterocycles. The van der Waals surface area contributed by atoms with Gasteiger partial charge in [-0.25, -0.2) is 9.37 Å². The van der Waals surface area contributed by atoms with Gasteiger partial charge in [-0.15, -0.1) is 0 Å².